The maximum Gasteiger partial charge on any atom is 0.252 e. The van der Waals surface area contributed by atoms with Crippen LogP contribution in [-0.4, -0.2) is 38.0 Å². The molecule has 0 aliphatic carbocycles. The van der Waals surface area contributed by atoms with Crippen molar-refractivity contribution in [1.29, 1.82) is 0 Å². The number of thiophene rings is 1. The van der Waals surface area contributed by atoms with Gasteiger partial charge in [-0.1, -0.05) is 6.07 Å². The molecule has 0 radical (unpaired) electrons. The first-order chi connectivity index (χ1) is 9.64. The SMILES string of the molecule is COCCN(Cc1ccncc1)S(=O)(=O)c1cccs1. The van der Waals surface area contributed by atoms with Crippen molar-refractivity contribution >= 4 is 21.4 Å². The van der Waals surface area contributed by atoms with Gasteiger partial charge in [0.15, 0.2) is 0 Å². The van der Waals surface area contributed by atoms with Crippen LogP contribution in [0.5, 0.6) is 0 Å². The molecular formula is C13H16N2O3S2. The Hall–Kier alpha value is -1.28. The summed E-state index contributed by atoms with van der Waals surface area (Å²) in [6.45, 7) is 0.987. The molecule has 2 aromatic heterocycles. The van der Waals surface area contributed by atoms with Gasteiger partial charge in [-0.25, -0.2) is 8.42 Å². The maximum atomic E-state index is 12.6. The summed E-state index contributed by atoms with van der Waals surface area (Å²) in [5, 5.41) is 1.76. The lowest BCUT2D eigenvalue weighted by atomic mass is 10.3. The molecule has 0 spiro atoms. The van der Waals surface area contributed by atoms with E-state index in [0.717, 1.165) is 5.56 Å². The second kappa shape index (κ2) is 6.94. The van der Waals surface area contributed by atoms with E-state index in [9.17, 15) is 8.42 Å². The third-order valence-corrected chi connectivity index (χ3v) is 5.96. The fourth-order valence-corrected chi connectivity index (χ4v) is 4.26. The molecule has 2 aromatic rings. The summed E-state index contributed by atoms with van der Waals surface area (Å²) in [4.78, 5) is 3.94. The Morgan fingerprint density at radius 2 is 2.05 bits per heavy atom. The predicted molar refractivity (Wildman–Crippen MR) is 78.0 cm³/mol. The second-order valence-corrected chi connectivity index (χ2v) is 7.23. The van der Waals surface area contributed by atoms with Crippen LogP contribution in [0.4, 0.5) is 0 Å². The minimum atomic E-state index is -3.48. The number of rotatable bonds is 7. The summed E-state index contributed by atoms with van der Waals surface area (Å²) in [5.74, 6) is 0. The van der Waals surface area contributed by atoms with Crippen molar-refractivity contribution in [2.24, 2.45) is 0 Å². The first-order valence-corrected chi connectivity index (χ1v) is 8.38. The van der Waals surface area contributed by atoms with Crippen molar-refractivity contribution in [1.82, 2.24) is 9.29 Å². The highest BCUT2D eigenvalue weighted by atomic mass is 32.2. The largest absolute Gasteiger partial charge is 0.383 e. The summed E-state index contributed by atoms with van der Waals surface area (Å²) in [6.07, 6.45) is 3.31. The molecule has 2 heterocycles. The molecule has 5 nitrogen and oxygen atoms in total. The summed E-state index contributed by atoms with van der Waals surface area (Å²) in [5.41, 5.74) is 0.899. The zero-order valence-electron chi connectivity index (χ0n) is 11.1. The van der Waals surface area contributed by atoms with E-state index in [1.54, 1.807) is 37.0 Å². The molecule has 0 amide bonds. The first kappa shape index (κ1) is 15.1. The van der Waals surface area contributed by atoms with Gasteiger partial charge in [-0.2, -0.15) is 4.31 Å². The molecule has 0 aromatic carbocycles. The molecule has 0 aliphatic rings. The van der Waals surface area contributed by atoms with Crippen LogP contribution < -0.4 is 0 Å². The standard InChI is InChI=1S/C13H16N2O3S2/c1-18-9-8-15(11-12-4-6-14-7-5-12)20(16,17)13-3-2-10-19-13/h2-7,10H,8-9,11H2,1H3. The highest BCUT2D eigenvalue weighted by molar-refractivity contribution is 7.91. The lowest BCUT2D eigenvalue weighted by Gasteiger charge is -2.21. The Morgan fingerprint density at radius 3 is 2.65 bits per heavy atom. The number of hydrogen-bond donors (Lipinski definition) is 0. The Morgan fingerprint density at radius 1 is 1.30 bits per heavy atom. The summed E-state index contributed by atoms with van der Waals surface area (Å²) in [7, 11) is -1.92. The van der Waals surface area contributed by atoms with Crippen LogP contribution in [0.15, 0.2) is 46.2 Å². The van der Waals surface area contributed by atoms with Gasteiger partial charge in [-0.3, -0.25) is 4.98 Å². The molecule has 0 atom stereocenters. The predicted octanol–water partition coefficient (Wildman–Crippen LogP) is 1.98. The van der Waals surface area contributed by atoms with Gasteiger partial charge in [0.05, 0.1) is 6.61 Å². The third kappa shape index (κ3) is 3.63. The van der Waals surface area contributed by atoms with Gasteiger partial charge in [-0.15, -0.1) is 11.3 Å². The van der Waals surface area contributed by atoms with Crippen molar-refractivity contribution < 1.29 is 13.2 Å². The number of sulfonamides is 1. The van der Waals surface area contributed by atoms with Crippen LogP contribution in [0.1, 0.15) is 5.56 Å². The van der Waals surface area contributed by atoms with Gasteiger partial charge in [0, 0.05) is 32.6 Å². The first-order valence-electron chi connectivity index (χ1n) is 6.06. The highest BCUT2D eigenvalue weighted by Gasteiger charge is 2.25. The van der Waals surface area contributed by atoms with Crippen LogP contribution in [0.3, 0.4) is 0 Å². The highest BCUT2D eigenvalue weighted by Crippen LogP contribution is 2.22. The van der Waals surface area contributed by atoms with Crippen molar-refractivity contribution in [3.05, 3.63) is 47.6 Å². The van der Waals surface area contributed by atoms with Crippen LogP contribution in [0, 0.1) is 0 Å². The van der Waals surface area contributed by atoms with Crippen LogP contribution in [0.25, 0.3) is 0 Å². The van der Waals surface area contributed by atoms with Crippen molar-refractivity contribution in [2.45, 2.75) is 10.8 Å². The number of pyridine rings is 1. The third-order valence-electron chi connectivity index (χ3n) is 2.74. The summed E-state index contributed by atoms with van der Waals surface area (Å²) >= 11 is 1.22. The molecule has 0 fully saturated rings. The lowest BCUT2D eigenvalue weighted by Crippen LogP contribution is -2.33. The van der Waals surface area contributed by atoms with E-state index < -0.39 is 10.0 Å². The molecular weight excluding hydrogens is 296 g/mol. The summed E-state index contributed by atoms with van der Waals surface area (Å²) in [6, 6.07) is 6.97. The van der Waals surface area contributed by atoms with E-state index in [1.165, 1.54) is 15.6 Å². The van der Waals surface area contributed by atoms with E-state index in [4.69, 9.17) is 4.74 Å². The number of ether oxygens (including phenoxy) is 1. The Labute approximate surface area is 122 Å². The van der Waals surface area contributed by atoms with E-state index in [0.29, 0.717) is 23.9 Å². The molecule has 0 saturated carbocycles. The Balaban J connectivity index is 2.23. The molecule has 2 rings (SSSR count). The Kier molecular flexibility index (Phi) is 5.24. The molecule has 0 unspecified atom stereocenters. The molecule has 7 heteroatoms. The van der Waals surface area contributed by atoms with Crippen molar-refractivity contribution in [3.8, 4) is 0 Å². The Bertz CT molecular complexity index is 612. The van der Waals surface area contributed by atoms with Crippen LogP contribution in [-0.2, 0) is 21.3 Å². The van der Waals surface area contributed by atoms with E-state index in [-0.39, 0.29) is 0 Å². The molecule has 20 heavy (non-hydrogen) atoms. The zero-order valence-corrected chi connectivity index (χ0v) is 12.7. The van der Waals surface area contributed by atoms with Gasteiger partial charge in [0.25, 0.3) is 10.0 Å². The molecule has 108 valence electrons. The topological polar surface area (TPSA) is 59.5 Å². The minimum Gasteiger partial charge on any atom is -0.383 e. The normalized spacial score (nSPS) is 11.9. The van der Waals surface area contributed by atoms with Gasteiger partial charge in [0.1, 0.15) is 4.21 Å². The van der Waals surface area contributed by atoms with E-state index >= 15 is 0 Å². The van der Waals surface area contributed by atoms with E-state index in [1.807, 2.05) is 12.1 Å². The van der Waals surface area contributed by atoms with Gasteiger partial charge in [0.2, 0.25) is 0 Å². The van der Waals surface area contributed by atoms with Gasteiger partial charge < -0.3 is 4.74 Å². The smallest absolute Gasteiger partial charge is 0.252 e. The average Bonchev–Trinajstić information content (AvgIpc) is 2.99. The summed E-state index contributed by atoms with van der Waals surface area (Å²) < 4.78 is 31.9. The minimum absolute atomic E-state index is 0.312. The monoisotopic (exact) mass is 312 g/mol. The van der Waals surface area contributed by atoms with Gasteiger partial charge >= 0.3 is 0 Å². The maximum absolute atomic E-state index is 12.6. The van der Waals surface area contributed by atoms with Crippen molar-refractivity contribution in [2.75, 3.05) is 20.3 Å². The fourth-order valence-electron chi connectivity index (χ4n) is 1.71. The number of hydrogen-bond acceptors (Lipinski definition) is 5. The molecule has 0 N–H and O–H groups in total. The quantitative estimate of drug-likeness (QED) is 0.784. The number of methoxy groups -OCH3 is 1. The molecule has 0 aliphatic heterocycles. The zero-order chi connectivity index (χ0) is 14.4. The second-order valence-electron chi connectivity index (χ2n) is 4.12. The number of aromatic nitrogens is 1. The average molecular weight is 312 g/mol. The molecule has 0 bridgehead atoms. The fraction of sp³-hybridized carbons (Fsp3) is 0.308. The number of nitrogens with zero attached hydrogens (tertiary/aromatic N) is 2. The molecule has 0 saturated heterocycles. The van der Waals surface area contributed by atoms with Crippen LogP contribution >= 0.6 is 11.3 Å². The lowest BCUT2D eigenvalue weighted by molar-refractivity contribution is 0.177. The van der Waals surface area contributed by atoms with E-state index in [2.05, 4.69) is 4.98 Å². The van der Waals surface area contributed by atoms with Gasteiger partial charge in [-0.05, 0) is 29.1 Å². The van der Waals surface area contributed by atoms with Crippen molar-refractivity contribution in [3.63, 3.8) is 0 Å². The van der Waals surface area contributed by atoms with Crippen LogP contribution in [0.2, 0.25) is 0 Å².